The fraction of sp³-hybridized carbons (Fsp3) is 0.500. The largest absolute Gasteiger partial charge is 0.494 e. The summed E-state index contributed by atoms with van der Waals surface area (Å²) >= 11 is 0. The third kappa shape index (κ3) is 3.23. The van der Waals surface area contributed by atoms with Gasteiger partial charge in [-0.2, -0.15) is 0 Å². The molecule has 1 aliphatic heterocycles. The third-order valence-corrected chi connectivity index (χ3v) is 3.55. The molecule has 2 rings (SSSR count). The maximum atomic E-state index is 14.0. The summed E-state index contributed by atoms with van der Waals surface area (Å²) in [4.78, 5) is 12.8. The molecule has 1 aromatic carbocycles. The molecule has 1 fully saturated rings. The van der Waals surface area contributed by atoms with Crippen LogP contribution >= 0.6 is 0 Å². The van der Waals surface area contributed by atoms with Gasteiger partial charge in [-0.3, -0.25) is 9.69 Å². The summed E-state index contributed by atoms with van der Waals surface area (Å²) in [7, 11) is 1.44. The van der Waals surface area contributed by atoms with Crippen LogP contribution in [0.3, 0.4) is 0 Å². The second kappa shape index (κ2) is 6.02. The van der Waals surface area contributed by atoms with Gasteiger partial charge in [0.05, 0.1) is 13.5 Å². The fourth-order valence-corrected chi connectivity index (χ4v) is 2.59. The van der Waals surface area contributed by atoms with E-state index in [0.29, 0.717) is 12.1 Å². The van der Waals surface area contributed by atoms with Crippen molar-refractivity contribution in [3.05, 3.63) is 29.6 Å². The number of hydrogen-bond donors (Lipinski definition) is 1. The van der Waals surface area contributed by atoms with Gasteiger partial charge in [-0.1, -0.05) is 12.1 Å². The van der Waals surface area contributed by atoms with Gasteiger partial charge in [0, 0.05) is 18.2 Å². The van der Waals surface area contributed by atoms with E-state index in [1.807, 2.05) is 4.90 Å². The number of hydrogen-bond acceptors (Lipinski definition) is 3. The Hall–Kier alpha value is -1.62. The van der Waals surface area contributed by atoms with E-state index in [2.05, 4.69) is 0 Å². The molecular formula is C14H18FNO3. The average molecular weight is 267 g/mol. The molecule has 0 amide bonds. The maximum Gasteiger partial charge on any atom is 0.304 e. The van der Waals surface area contributed by atoms with Gasteiger partial charge < -0.3 is 9.84 Å². The molecular weight excluding hydrogens is 249 g/mol. The van der Waals surface area contributed by atoms with Crippen LogP contribution in [0.1, 0.15) is 24.8 Å². The lowest BCUT2D eigenvalue weighted by atomic mass is 10.1. The Kier molecular flexibility index (Phi) is 4.37. The molecule has 0 bridgehead atoms. The van der Waals surface area contributed by atoms with Gasteiger partial charge >= 0.3 is 5.97 Å². The van der Waals surface area contributed by atoms with Crippen molar-refractivity contribution in [3.63, 3.8) is 0 Å². The lowest BCUT2D eigenvalue weighted by Crippen LogP contribution is -2.31. The second-order valence-electron chi connectivity index (χ2n) is 4.80. The molecule has 5 heteroatoms. The van der Waals surface area contributed by atoms with Crippen LogP contribution in [-0.4, -0.2) is 35.7 Å². The van der Waals surface area contributed by atoms with Crippen molar-refractivity contribution in [3.8, 4) is 5.75 Å². The zero-order valence-electron chi connectivity index (χ0n) is 10.9. The molecule has 0 spiro atoms. The number of carboxylic acid groups (broad SMARTS) is 1. The van der Waals surface area contributed by atoms with E-state index in [-0.39, 0.29) is 24.0 Å². The highest BCUT2D eigenvalue weighted by atomic mass is 19.1. The summed E-state index contributed by atoms with van der Waals surface area (Å²) in [5.74, 6) is -0.930. The number of carbonyl (C=O) groups is 1. The molecule has 0 aliphatic carbocycles. The number of nitrogens with zero attached hydrogens (tertiary/aromatic N) is 1. The summed E-state index contributed by atoms with van der Waals surface area (Å²) in [6.07, 6.45) is 1.94. The number of carboxylic acids is 1. The zero-order valence-corrected chi connectivity index (χ0v) is 10.9. The number of benzene rings is 1. The van der Waals surface area contributed by atoms with Gasteiger partial charge in [-0.25, -0.2) is 4.39 Å². The smallest absolute Gasteiger partial charge is 0.304 e. The molecule has 1 saturated heterocycles. The monoisotopic (exact) mass is 267 g/mol. The van der Waals surface area contributed by atoms with Gasteiger partial charge in [0.1, 0.15) is 0 Å². The highest BCUT2D eigenvalue weighted by Gasteiger charge is 2.27. The predicted molar refractivity (Wildman–Crippen MR) is 68.6 cm³/mol. The Bertz CT molecular complexity index is 464. The Morgan fingerprint density at radius 3 is 3.05 bits per heavy atom. The van der Waals surface area contributed by atoms with Crippen LogP contribution in [0.15, 0.2) is 18.2 Å². The molecule has 1 heterocycles. The molecule has 1 aliphatic rings. The first-order valence-corrected chi connectivity index (χ1v) is 6.39. The standard InChI is InChI=1S/C14H18FNO3/c1-19-12-6-2-4-10(14(12)15)9-16-7-3-5-11(16)8-13(17)18/h2,4,6,11H,3,5,7-9H2,1H3,(H,17,18). The molecule has 1 unspecified atom stereocenters. The predicted octanol–water partition coefficient (Wildman–Crippen LogP) is 2.27. The summed E-state index contributed by atoms with van der Waals surface area (Å²) in [6, 6.07) is 5.05. The molecule has 4 nitrogen and oxygen atoms in total. The number of methoxy groups -OCH3 is 1. The van der Waals surface area contributed by atoms with Crippen molar-refractivity contribution in [2.45, 2.75) is 31.8 Å². The minimum absolute atomic E-state index is 0.00287. The summed E-state index contributed by atoms with van der Waals surface area (Å²) in [5, 5.41) is 8.87. The Balaban J connectivity index is 2.10. The maximum absolute atomic E-state index is 14.0. The number of halogens is 1. The molecule has 1 atom stereocenters. The summed E-state index contributed by atoms with van der Waals surface area (Å²) < 4.78 is 19.0. The van der Waals surface area contributed by atoms with Crippen molar-refractivity contribution in [2.24, 2.45) is 0 Å². The Morgan fingerprint density at radius 1 is 1.58 bits per heavy atom. The number of aliphatic carboxylic acids is 1. The van der Waals surface area contributed by atoms with E-state index in [4.69, 9.17) is 9.84 Å². The molecule has 1 aromatic rings. The van der Waals surface area contributed by atoms with Crippen molar-refractivity contribution in [1.29, 1.82) is 0 Å². The van der Waals surface area contributed by atoms with E-state index in [0.717, 1.165) is 19.4 Å². The lowest BCUT2D eigenvalue weighted by molar-refractivity contribution is -0.138. The van der Waals surface area contributed by atoms with E-state index >= 15 is 0 Å². The van der Waals surface area contributed by atoms with Gasteiger partial charge in [-0.15, -0.1) is 0 Å². The van der Waals surface area contributed by atoms with Crippen LogP contribution in [-0.2, 0) is 11.3 Å². The normalized spacial score (nSPS) is 19.6. The van der Waals surface area contributed by atoms with Gasteiger partial charge in [-0.05, 0) is 25.5 Å². The highest BCUT2D eigenvalue weighted by Crippen LogP contribution is 2.26. The first-order valence-electron chi connectivity index (χ1n) is 6.39. The number of likely N-dealkylation sites (tertiary alicyclic amines) is 1. The van der Waals surface area contributed by atoms with Crippen molar-refractivity contribution in [2.75, 3.05) is 13.7 Å². The van der Waals surface area contributed by atoms with Crippen LogP contribution in [0.5, 0.6) is 5.75 Å². The minimum Gasteiger partial charge on any atom is -0.494 e. The lowest BCUT2D eigenvalue weighted by Gasteiger charge is -2.23. The van der Waals surface area contributed by atoms with Crippen LogP contribution in [0.25, 0.3) is 0 Å². The quantitative estimate of drug-likeness (QED) is 0.889. The summed E-state index contributed by atoms with van der Waals surface area (Å²) in [6.45, 7) is 1.25. The third-order valence-electron chi connectivity index (χ3n) is 3.55. The molecule has 0 radical (unpaired) electrons. The van der Waals surface area contributed by atoms with E-state index < -0.39 is 5.97 Å². The van der Waals surface area contributed by atoms with Crippen LogP contribution in [0, 0.1) is 5.82 Å². The highest BCUT2D eigenvalue weighted by molar-refractivity contribution is 5.67. The SMILES string of the molecule is COc1cccc(CN2CCCC2CC(=O)O)c1F. The number of ether oxygens (including phenoxy) is 1. The zero-order chi connectivity index (χ0) is 13.8. The van der Waals surface area contributed by atoms with Crippen molar-refractivity contribution >= 4 is 5.97 Å². The van der Waals surface area contributed by atoms with E-state index in [1.54, 1.807) is 18.2 Å². The molecule has 104 valence electrons. The average Bonchev–Trinajstić information content (AvgIpc) is 2.78. The van der Waals surface area contributed by atoms with Crippen LogP contribution in [0.4, 0.5) is 4.39 Å². The number of rotatable bonds is 5. The van der Waals surface area contributed by atoms with E-state index in [9.17, 15) is 9.18 Å². The molecule has 1 N–H and O–H groups in total. The van der Waals surface area contributed by atoms with E-state index in [1.165, 1.54) is 7.11 Å². The van der Waals surface area contributed by atoms with Crippen LogP contribution in [0.2, 0.25) is 0 Å². The topological polar surface area (TPSA) is 49.8 Å². The minimum atomic E-state index is -0.803. The fourth-order valence-electron chi connectivity index (χ4n) is 2.59. The van der Waals surface area contributed by atoms with Crippen LogP contribution < -0.4 is 4.74 Å². The van der Waals surface area contributed by atoms with Gasteiger partial charge in [0.2, 0.25) is 0 Å². The van der Waals surface area contributed by atoms with Gasteiger partial charge in [0.25, 0.3) is 0 Å². The van der Waals surface area contributed by atoms with Crippen molar-refractivity contribution < 1.29 is 19.0 Å². The molecule has 0 aromatic heterocycles. The first-order chi connectivity index (χ1) is 9.11. The molecule has 19 heavy (non-hydrogen) atoms. The Labute approximate surface area is 111 Å². The molecule has 0 saturated carbocycles. The van der Waals surface area contributed by atoms with Crippen molar-refractivity contribution in [1.82, 2.24) is 4.90 Å². The first kappa shape index (κ1) is 13.8. The Morgan fingerprint density at radius 2 is 2.37 bits per heavy atom. The summed E-state index contributed by atoms with van der Waals surface area (Å²) in [5.41, 5.74) is 0.552. The second-order valence-corrected chi connectivity index (χ2v) is 4.80. The van der Waals surface area contributed by atoms with Gasteiger partial charge in [0.15, 0.2) is 11.6 Å².